The maximum Gasteiger partial charge on any atom is 0.261 e. The predicted molar refractivity (Wildman–Crippen MR) is 139 cm³/mol. The summed E-state index contributed by atoms with van der Waals surface area (Å²) in [6, 6.07) is 24.4. The monoisotopic (exact) mass is 480 g/mol. The normalized spacial score (nSPS) is 15.7. The van der Waals surface area contributed by atoms with Crippen LogP contribution in [0.4, 0.5) is 0 Å². The summed E-state index contributed by atoms with van der Waals surface area (Å²) in [5.74, 6) is -0.301. The molecule has 0 saturated heterocycles. The number of rotatable bonds is 4. The molecule has 4 nitrogen and oxygen atoms in total. The average Bonchev–Trinajstić information content (AvgIpc) is 3.66. The van der Waals surface area contributed by atoms with Crippen LogP contribution in [-0.2, 0) is 9.59 Å². The van der Waals surface area contributed by atoms with Crippen molar-refractivity contribution in [1.82, 2.24) is 9.80 Å². The third-order valence-corrected chi connectivity index (χ3v) is 8.20. The Morgan fingerprint density at radius 3 is 1.21 bits per heavy atom. The first kappa shape index (κ1) is 20.8. The van der Waals surface area contributed by atoms with E-state index in [-0.39, 0.29) is 11.8 Å². The Bertz CT molecular complexity index is 1360. The van der Waals surface area contributed by atoms with Crippen molar-refractivity contribution in [3.63, 3.8) is 0 Å². The van der Waals surface area contributed by atoms with Gasteiger partial charge >= 0.3 is 0 Å². The number of carbonyl (C=O) groups is 2. The summed E-state index contributed by atoms with van der Waals surface area (Å²) >= 11 is 3.37. The molecule has 166 valence electrons. The highest BCUT2D eigenvalue weighted by Gasteiger charge is 2.46. The van der Waals surface area contributed by atoms with Crippen molar-refractivity contribution in [2.24, 2.45) is 0 Å². The second-order valence-corrected chi connectivity index (χ2v) is 10.2. The maximum absolute atomic E-state index is 13.4. The second-order valence-electron chi connectivity index (χ2n) is 8.28. The lowest BCUT2D eigenvalue weighted by Gasteiger charge is -2.20. The molecule has 34 heavy (non-hydrogen) atoms. The second kappa shape index (κ2) is 7.94. The Morgan fingerprint density at radius 1 is 0.529 bits per heavy atom. The lowest BCUT2D eigenvalue weighted by Crippen LogP contribution is -2.25. The van der Waals surface area contributed by atoms with Crippen LogP contribution in [0.25, 0.3) is 32.3 Å². The van der Waals surface area contributed by atoms with E-state index in [0.717, 1.165) is 22.3 Å². The van der Waals surface area contributed by atoms with Gasteiger partial charge in [-0.15, -0.1) is 22.7 Å². The molecule has 2 amide bonds. The van der Waals surface area contributed by atoms with Crippen molar-refractivity contribution >= 4 is 45.9 Å². The van der Waals surface area contributed by atoms with Crippen LogP contribution in [0.3, 0.4) is 0 Å². The van der Waals surface area contributed by atoms with Gasteiger partial charge in [-0.2, -0.15) is 0 Å². The number of amides is 2. The van der Waals surface area contributed by atoms with Gasteiger partial charge < -0.3 is 9.80 Å². The van der Waals surface area contributed by atoms with Gasteiger partial charge in [0.25, 0.3) is 11.8 Å². The molecule has 0 unspecified atom stereocenters. The summed E-state index contributed by atoms with van der Waals surface area (Å²) in [5, 5.41) is 4.10. The largest absolute Gasteiger partial charge is 0.310 e. The third kappa shape index (κ3) is 3.10. The van der Waals surface area contributed by atoms with E-state index in [2.05, 4.69) is 22.9 Å². The predicted octanol–water partition coefficient (Wildman–Crippen LogP) is 6.21. The molecule has 2 aromatic carbocycles. The molecule has 0 atom stereocenters. The molecule has 2 aliphatic rings. The van der Waals surface area contributed by atoms with Gasteiger partial charge in [-0.25, -0.2) is 0 Å². The number of hydrogen-bond acceptors (Lipinski definition) is 4. The van der Waals surface area contributed by atoms with Crippen molar-refractivity contribution in [1.29, 1.82) is 0 Å². The number of likely N-dealkylation sites (N-methyl/N-ethyl adjacent to an activating group) is 2. The molecule has 0 spiro atoms. The molecule has 2 aliphatic heterocycles. The van der Waals surface area contributed by atoms with Crippen LogP contribution < -0.4 is 0 Å². The highest BCUT2D eigenvalue weighted by molar-refractivity contribution is 7.13. The third-order valence-electron chi connectivity index (χ3n) is 6.36. The van der Waals surface area contributed by atoms with Gasteiger partial charge in [0.05, 0.1) is 22.5 Å². The topological polar surface area (TPSA) is 40.6 Å². The van der Waals surface area contributed by atoms with E-state index < -0.39 is 0 Å². The van der Waals surface area contributed by atoms with Crippen molar-refractivity contribution < 1.29 is 9.59 Å². The summed E-state index contributed by atoms with van der Waals surface area (Å²) in [6.45, 7) is 0. The number of benzene rings is 2. The fraction of sp³-hybridized carbons (Fsp3) is 0.0714. The highest BCUT2D eigenvalue weighted by Crippen LogP contribution is 2.45. The molecule has 0 radical (unpaired) electrons. The van der Waals surface area contributed by atoms with Gasteiger partial charge in [-0.3, -0.25) is 9.59 Å². The maximum atomic E-state index is 13.4. The van der Waals surface area contributed by atoms with Gasteiger partial charge in [0.2, 0.25) is 0 Å². The number of carbonyl (C=O) groups excluding carboxylic acids is 2. The Balaban J connectivity index is 1.45. The van der Waals surface area contributed by atoms with Crippen LogP contribution in [-0.4, -0.2) is 35.7 Å². The fourth-order valence-electron chi connectivity index (χ4n) is 4.67. The average molecular weight is 481 g/mol. The molecular formula is C28H20N2O2S2. The SMILES string of the molecule is CN1C(=O)C2=C(c3ccc(-c4cccs4)cc3)N(C)C(=O)C2=C1c1ccc(-c2cccs2)cc1. The van der Waals surface area contributed by atoms with Crippen LogP contribution in [0.1, 0.15) is 11.1 Å². The smallest absolute Gasteiger partial charge is 0.261 e. The first-order valence-electron chi connectivity index (χ1n) is 10.9. The zero-order valence-corrected chi connectivity index (χ0v) is 20.2. The van der Waals surface area contributed by atoms with Crippen LogP contribution in [0.15, 0.2) is 94.7 Å². The first-order valence-corrected chi connectivity index (χ1v) is 12.6. The van der Waals surface area contributed by atoms with E-state index in [9.17, 15) is 9.59 Å². The number of thiophene rings is 2. The van der Waals surface area contributed by atoms with E-state index in [1.54, 1.807) is 46.6 Å². The molecule has 2 aromatic heterocycles. The summed E-state index contributed by atoms with van der Waals surface area (Å²) in [6.07, 6.45) is 0. The lowest BCUT2D eigenvalue weighted by atomic mass is 10.0. The number of nitrogens with zero attached hydrogens (tertiary/aromatic N) is 2. The fourth-order valence-corrected chi connectivity index (χ4v) is 6.14. The molecular weight excluding hydrogens is 460 g/mol. The van der Waals surface area contributed by atoms with Gasteiger partial charge in [-0.05, 0) is 45.1 Å². The number of hydrogen-bond donors (Lipinski definition) is 0. The molecule has 0 aliphatic carbocycles. The quantitative estimate of drug-likeness (QED) is 0.348. The Labute approximate surface area is 205 Å². The minimum atomic E-state index is -0.151. The van der Waals surface area contributed by atoms with E-state index in [4.69, 9.17) is 0 Å². The van der Waals surface area contributed by atoms with Crippen molar-refractivity contribution in [2.45, 2.75) is 0 Å². The summed E-state index contributed by atoms with van der Waals surface area (Å²) in [7, 11) is 3.49. The van der Waals surface area contributed by atoms with Crippen molar-refractivity contribution in [2.75, 3.05) is 14.1 Å². The summed E-state index contributed by atoms with van der Waals surface area (Å²) < 4.78 is 0. The molecule has 6 heteroatoms. The van der Waals surface area contributed by atoms with Crippen LogP contribution in [0.2, 0.25) is 0 Å². The molecule has 6 rings (SSSR count). The number of fused-ring (bicyclic) bond motifs is 1. The molecule has 4 aromatic rings. The molecule has 0 bridgehead atoms. The van der Waals surface area contributed by atoms with E-state index >= 15 is 0 Å². The lowest BCUT2D eigenvalue weighted by molar-refractivity contribution is -0.123. The van der Waals surface area contributed by atoms with E-state index in [1.165, 1.54) is 9.75 Å². The van der Waals surface area contributed by atoms with Crippen molar-refractivity contribution in [3.8, 4) is 20.9 Å². The molecule has 0 saturated carbocycles. The Morgan fingerprint density at radius 2 is 0.882 bits per heavy atom. The molecule has 0 fully saturated rings. The minimum Gasteiger partial charge on any atom is -0.310 e. The highest BCUT2D eigenvalue weighted by atomic mass is 32.1. The van der Waals surface area contributed by atoms with Crippen molar-refractivity contribution in [3.05, 3.63) is 106 Å². The zero-order valence-electron chi connectivity index (χ0n) is 18.6. The zero-order chi connectivity index (χ0) is 23.4. The van der Waals surface area contributed by atoms with E-state index in [1.807, 2.05) is 60.7 Å². The molecule has 0 N–H and O–H groups in total. The minimum absolute atomic E-state index is 0.151. The summed E-state index contributed by atoms with van der Waals surface area (Å²) in [5.41, 5.74) is 6.25. The summed E-state index contributed by atoms with van der Waals surface area (Å²) in [4.78, 5) is 32.4. The molecule has 4 heterocycles. The van der Waals surface area contributed by atoms with Gasteiger partial charge in [0.1, 0.15) is 0 Å². The van der Waals surface area contributed by atoms with E-state index in [0.29, 0.717) is 22.5 Å². The van der Waals surface area contributed by atoms with Crippen LogP contribution in [0.5, 0.6) is 0 Å². The standard InChI is InChI=1S/C28H20N2O2S2/c1-29-25(19-11-7-17(8-12-19)21-5-3-15-33-21)23-24(27(29)31)26(30(2)28(23)32)20-13-9-18(10-14-20)22-6-4-16-34-22/h3-16H,1-2H3. The van der Waals surface area contributed by atoms with Crippen LogP contribution >= 0.6 is 22.7 Å². The Kier molecular flexibility index (Phi) is 4.86. The van der Waals surface area contributed by atoms with Gasteiger partial charge in [0.15, 0.2) is 0 Å². The van der Waals surface area contributed by atoms with Crippen LogP contribution in [0, 0.1) is 0 Å². The van der Waals surface area contributed by atoms with Gasteiger partial charge in [0, 0.05) is 23.8 Å². The Hall–Kier alpha value is -3.74. The van der Waals surface area contributed by atoms with Gasteiger partial charge in [-0.1, -0.05) is 60.7 Å². The first-order chi connectivity index (χ1) is 16.5.